The molecule has 0 saturated carbocycles. The fraction of sp³-hybridized carbons (Fsp3) is 0.368. The van der Waals surface area contributed by atoms with Crippen LogP contribution in [0, 0.1) is 5.82 Å². The van der Waals surface area contributed by atoms with Crippen molar-refractivity contribution in [3.8, 4) is 0 Å². The molecule has 7 nitrogen and oxygen atoms in total. The van der Waals surface area contributed by atoms with E-state index in [9.17, 15) is 22.4 Å². The first-order valence-corrected chi connectivity index (χ1v) is 11.4. The lowest BCUT2D eigenvalue weighted by molar-refractivity contribution is -0.139. The van der Waals surface area contributed by atoms with E-state index in [0.717, 1.165) is 18.7 Å². The molecule has 1 aromatic carbocycles. The molecule has 2 aromatic rings. The zero-order chi connectivity index (χ0) is 21.4. The first-order chi connectivity index (χ1) is 13.7. The van der Waals surface area contributed by atoms with E-state index in [1.54, 1.807) is 17.5 Å². The second-order valence-corrected chi connectivity index (χ2v) is 9.74. The maximum Gasteiger partial charge on any atom is 0.309 e. The predicted molar refractivity (Wildman–Crippen MR) is 110 cm³/mol. The van der Waals surface area contributed by atoms with Crippen LogP contribution in [0.5, 0.6) is 0 Å². The van der Waals surface area contributed by atoms with Crippen molar-refractivity contribution in [1.82, 2.24) is 15.5 Å². The molecule has 0 aliphatic carbocycles. The molecule has 10 heteroatoms. The van der Waals surface area contributed by atoms with E-state index in [1.807, 2.05) is 19.0 Å². The number of hydrogen-bond donors (Lipinski definition) is 2. The first kappa shape index (κ1) is 23.0. The smallest absolute Gasteiger partial charge is 0.309 e. The van der Waals surface area contributed by atoms with Gasteiger partial charge < -0.3 is 15.5 Å². The molecule has 1 heterocycles. The van der Waals surface area contributed by atoms with Crippen LogP contribution in [0.15, 0.2) is 46.7 Å². The van der Waals surface area contributed by atoms with Crippen molar-refractivity contribution in [2.75, 3.05) is 33.7 Å². The number of nitrogens with one attached hydrogen (secondary N) is 2. The second-order valence-electron chi connectivity index (χ2n) is 6.63. The van der Waals surface area contributed by atoms with Gasteiger partial charge in [-0.1, -0.05) is 6.07 Å². The average molecular weight is 442 g/mol. The van der Waals surface area contributed by atoms with Gasteiger partial charge in [0.2, 0.25) is 0 Å². The van der Waals surface area contributed by atoms with Gasteiger partial charge in [0.15, 0.2) is 9.84 Å². The van der Waals surface area contributed by atoms with Crippen LogP contribution < -0.4 is 10.6 Å². The van der Waals surface area contributed by atoms with Crippen molar-refractivity contribution in [3.63, 3.8) is 0 Å². The Morgan fingerprint density at radius 2 is 1.76 bits per heavy atom. The molecule has 1 aromatic heterocycles. The lowest BCUT2D eigenvalue weighted by Gasteiger charge is -2.17. The maximum atomic E-state index is 13.2. The summed E-state index contributed by atoms with van der Waals surface area (Å²) in [7, 11) is -0.0936. The summed E-state index contributed by atoms with van der Waals surface area (Å²) in [4.78, 5) is 26.4. The van der Waals surface area contributed by atoms with E-state index in [-0.39, 0.29) is 11.4 Å². The fourth-order valence-corrected chi connectivity index (χ4v) is 5.35. The molecule has 1 atom stereocenters. The third kappa shape index (κ3) is 6.62. The number of nitrogens with zero attached hydrogens (tertiary/aromatic N) is 1. The van der Waals surface area contributed by atoms with Gasteiger partial charge in [-0.25, -0.2) is 12.8 Å². The zero-order valence-corrected chi connectivity index (χ0v) is 17.9. The number of carbonyl (C=O) groups excluding carboxylic acids is 2. The van der Waals surface area contributed by atoms with E-state index in [1.165, 1.54) is 23.5 Å². The van der Waals surface area contributed by atoms with Crippen molar-refractivity contribution in [3.05, 3.63) is 52.5 Å². The van der Waals surface area contributed by atoms with Crippen LogP contribution in [0.2, 0.25) is 0 Å². The Bertz CT molecular complexity index is 913. The maximum absolute atomic E-state index is 13.2. The Morgan fingerprint density at radius 1 is 1.10 bits per heavy atom. The summed E-state index contributed by atoms with van der Waals surface area (Å²) in [5.74, 6) is -2.26. The molecule has 2 rings (SSSR count). The van der Waals surface area contributed by atoms with Crippen molar-refractivity contribution in [1.29, 1.82) is 0 Å². The summed E-state index contributed by atoms with van der Waals surface area (Å²) in [6.45, 7) is 0.828. The number of hydrogen-bond acceptors (Lipinski definition) is 6. The lowest BCUT2D eigenvalue weighted by Crippen LogP contribution is -2.42. The topological polar surface area (TPSA) is 95.6 Å². The lowest BCUT2D eigenvalue weighted by atomic mass is 10.3. The van der Waals surface area contributed by atoms with Gasteiger partial charge in [0.05, 0.1) is 4.90 Å². The number of sulfone groups is 1. The molecule has 0 unspecified atom stereocenters. The molecular weight excluding hydrogens is 417 g/mol. The van der Waals surface area contributed by atoms with Crippen LogP contribution in [0.4, 0.5) is 4.39 Å². The minimum Gasteiger partial charge on any atom is -0.348 e. The molecular formula is C19H24FN3O4S2. The summed E-state index contributed by atoms with van der Waals surface area (Å²) < 4.78 is 39.2. The minimum absolute atomic E-state index is 0.0558. The van der Waals surface area contributed by atoms with Gasteiger partial charge in [-0.15, -0.1) is 11.3 Å². The second kappa shape index (κ2) is 10.5. The Morgan fingerprint density at radius 3 is 2.34 bits per heavy atom. The van der Waals surface area contributed by atoms with Gasteiger partial charge in [0, 0.05) is 18.0 Å². The van der Waals surface area contributed by atoms with Gasteiger partial charge in [-0.3, -0.25) is 9.59 Å². The number of amides is 2. The molecule has 2 amide bonds. The number of benzene rings is 1. The molecule has 158 valence electrons. The van der Waals surface area contributed by atoms with E-state index >= 15 is 0 Å². The third-order valence-corrected chi connectivity index (χ3v) is 7.33. The molecule has 0 fully saturated rings. The molecule has 2 N–H and O–H groups in total. The summed E-state index contributed by atoms with van der Waals surface area (Å²) in [5.41, 5.74) is 0. The highest BCUT2D eigenvalue weighted by atomic mass is 32.2. The highest BCUT2D eigenvalue weighted by molar-refractivity contribution is 7.91. The van der Waals surface area contributed by atoms with Crippen LogP contribution in [0.1, 0.15) is 16.5 Å². The van der Waals surface area contributed by atoms with Gasteiger partial charge in [-0.05, 0) is 62.8 Å². The van der Waals surface area contributed by atoms with Gasteiger partial charge in [0.1, 0.15) is 11.1 Å². The normalized spacial score (nSPS) is 12.6. The number of thiophene rings is 1. The molecule has 0 aliphatic rings. The third-order valence-electron chi connectivity index (χ3n) is 4.10. The Labute approximate surface area is 173 Å². The predicted octanol–water partition coefficient (Wildman–Crippen LogP) is 1.59. The van der Waals surface area contributed by atoms with Crippen molar-refractivity contribution in [2.45, 2.75) is 16.6 Å². The summed E-state index contributed by atoms with van der Waals surface area (Å²) in [6.07, 6.45) is 0.683. The Balaban J connectivity index is 2.05. The van der Waals surface area contributed by atoms with Gasteiger partial charge in [-0.2, -0.15) is 0 Å². The average Bonchev–Trinajstić information content (AvgIpc) is 3.19. The number of carbonyl (C=O) groups is 2. The van der Waals surface area contributed by atoms with E-state index in [4.69, 9.17) is 0 Å². The van der Waals surface area contributed by atoms with Crippen molar-refractivity contribution >= 4 is 33.0 Å². The largest absolute Gasteiger partial charge is 0.348 e. The van der Waals surface area contributed by atoms with Crippen LogP contribution in [-0.4, -0.2) is 58.9 Å². The summed E-state index contributed by atoms with van der Waals surface area (Å²) in [6, 6.07) is 7.85. The highest BCUT2D eigenvalue weighted by Gasteiger charge is 2.31. The molecule has 0 aliphatic heterocycles. The number of halogens is 1. The quantitative estimate of drug-likeness (QED) is 0.350. The Hall–Kier alpha value is -2.30. The number of rotatable bonds is 9. The summed E-state index contributed by atoms with van der Waals surface area (Å²) >= 11 is 1.23. The SMILES string of the molecule is CN(C)CCCNC(=O)C(=O)NC[C@H](c1cccs1)S(=O)(=O)c1ccc(F)cc1. The molecule has 0 radical (unpaired) electrons. The highest BCUT2D eigenvalue weighted by Crippen LogP contribution is 2.31. The van der Waals surface area contributed by atoms with E-state index < -0.39 is 32.7 Å². The van der Waals surface area contributed by atoms with Crippen LogP contribution in [0.25, 0.3) is 0 Å². The minimum atomic E-state index is -3.90. The van der Waals surface area contributed by atoms with Gasteiger partial charge in [0.25, 0.3) is 0 Å². The molecule has 29 heavy (non-hydrogen) atoms. The van der Waals surface area contributed by atoms with Crippen LogP contribution in [-0.2, 0) is 19.4 Å². The molecule has 0 spiro atoms. The summed E-state index contributed by atoms with van der Waals surface area (Å²) in [5, 5.41) is 5.55. The molecule has 0 saturated heterocycles. The zero-order valence-electron chi connectivity index (χ0n) is 16.2. The van der Waals surface area contributed by atoms with Crippen molar-refractivity contribution in [2.24, 2.45) is 0 Å². The monoisotopic (exact) mass is 441 g/mol. The van der Waals surface area contributed by atoms with E-state index in [0.29, 0.717) is 17.8 Å². The van der Waals surface area contributed by atoms with Crippen LogP contribution in [0.3, 0.4) is 0 Å². The standard InChI is InChI=1S/C19H24FN3O4S2/c1-23(2)11-4-10-21-18(24)19(25)22-13-17(16-5-3-12-28-16)29(26,27)15-8-6-14(20)7-9-15/h3,5-9,12,17H,4,10-11,13H2,1-2H3,(H,21,24)(H,22,25)/t17-/m1/s1. The fourth-order valence-electron chi connectivity index (χ4n) is 2.57. The first-order valence-electron chi connectivity index (χ1n) is 8.95. The Kier molecular flexibility index (Phi) is 8.30. The van der Waals surface area contributed by atoms with Gasteiger partial charge >= 0.3 is 11.8 Å². The molecule has 0 bridgehead atoms. The van der Waals surface area contributed by atoms with E-state index in [2.05, 4.69) is 10.6 Å². The van der Waals surface area contributed by atoms with Crippen molar-refractivity contribution < 1.29 is 22.4 Å². The van der Waals surface area contributed by atoms with Crippen LogP contribution >= 0.6 is 11.3 Å².